The van der Waals surface area contributed by atoms with E-state index in [1.165, 1.54) is 0 Å². The molecule has 1 aliphatic heterocycles. The van der Waals surface area contributed by atoms with Gasteiger partial charge in [0.05, 0.1) is 18.9 Å². The van der Waals surface area contributed by atoms with Gasteiger partial charge >= 0.3 is 5.97 Å². The molecule has 1 aromatic rings. The highest BCUT2D eigenvalue weighted by Crippen LogP contribution is 2.45. The van der Waals surface area contributed by atoms with E-state index in [0.717, 1.165) is 31.5 Å². The Morgan fingerprint density at radius 1 is 1.50 bits per heavy atom. The molecule has 1 saturated carbocycles. The summed E-state index contributed by atoms with van der Waals surface area (Å²) >= 11 is 0. The fourth-order valence-electron chi connectivity index (χ4n) is 3.72. The fourth-order valence-corrected chi connectivity index (χ4v) is 3.72. The number of amides is 1. The second-order valence-corrected chi connectivity index (χ2v) is 6.48. The molecule has 1 aliphatic carbocycles. The van der Waals surface area contributed by atoms with E-state index in [0.29, 0.717) is 26.1 Å². The Balaban J connectivity index is 1.52. The smallest absolute Gasteiger partial charge is 0.307 e. The molecule has 0 unspecified atom stereocenters. The van der Waals surface area contributed by atoms with E-state index in [1.54, 1.807) is 13.4 Å². The molecule has 1 N–H and O–H groups in total. The third-order valence-corrected chi connectivity index (χ3v) is 4.97. The van der Waals surface area contributed by atoms with E-state index >= 15 is 0 Å². The summed E-state index contributed by atoms with van der Waals surface area (Å²) in [7, 11) is 1.65. The Labute approximate surface area is 140 Å². The van der Waals surface area contributed by atoms with Crippen LogP contribution in [0.15, 0.2) is 6.33 Å². The summed E-state index contributed by atoms with van der Waals surface area (Å²) in [5.74, 6) is 0.0996. The summed E-state index contributed by atoms with van der Waals surface area (Å²) in [5.41, 5.74) is -0.556. The number of rotatable bonds is 7. The third-order valence-electron chi connectivity index (χ3n) is 4.97. The summed E-state index contributed by atoms with van der Waals surface area (Å²) in [6, 6.07) is 0. The zero-order chi connectivity index (χ0) is 17.0. The lowest BCUT2D eigenvalue weighted by atomic mass is 9.85. The van der Waals surface area contributed by atoms with Gasteiger partial charge in [-0.05, 0) is 25.7 Å². The molecule has 1 spiro atoms. The van der Waals surface area contributed by atoms with Crippen molar-refractivity contribution in [3.05, 3.63) is 12.2 Å². The topological polar surface area (TPSA) is 95.3 Å². The Bertz CT molecular complexity index is 595. The lowest BCUT2D eigenvalue weighted by Crippen LogP contribution is -2.43. The zero-order valence-corrected chi connectivity index (χ0v) is 14.0. The number of hydrogen-bond donors (Lipinski definition) is 1. The Kier molecular flexibility index (Phi) is 5.13. The maximum atomic E-state index is 12.5. The molecular formula is C16H24N4O4. The van der Waals surface area contributed by atoms with Gasteiger partial charge in [-0.3, -0.25) is 9.59 Å². The van der Waals surface area contributed by atoms with Gasteiger partial charge in [-0.25, -0.2) is 0 Å². The average Bonchev–Trinajstić information content (AvgIpc) is 3.27. The van der Waals surface area contributed by atoms with Gasteiger partial charge < -0.3 is 19.4 Å². The standard InChI is InChI=1S/C16H24N4O4/c1-23-9-8-20-11-18-19-13(20)4-7-17-15(22)12-10-14(21)24-16(12)5-2-3-6-16/h11-12H,2-10H2,1H3,(H,17,22)/t12-/m1/s1. The van der Waals surface area contributed by atoms with Gasteiger partial charge in [0.25, 0.3) is 0 Å². The van der Waals surface area contributed by atoms with Crippen LogP contribution in [0.2, 0.25) is 0 Å². The van der Waals surface area contributed by atoms with E-state index < -0.39 is 5.60 Å². The van der Waals surface area contributed by atoms with Crippen LogP contribution in [0, 0.1) is 5.92 Å². The van der Waals surface area contributed by atoms with Crippen molar-refractivity contribution in [2.45, 2.75) is 50.7 Å². The molecule has 0 bridgehead atoms. The molecule has 2 fully saturated rings. The maximum Gasteiger partial charge on any atom is 0.307 e. The lowest BCUT2D eigenvalue weighted by Gasteiger charge is -2.27. The maximum absolute atomic E-state index is 12.5. The minimum Gasteiger partial charge on any atom is -0.458 e. The predicted molar refractivity (Wildman–Crippen MR) is 84.0 cm³/mol. The minimum absolute atomic E-state index is 0.0919. The Morgan fingerprint density at radius 3 is 3.04 bits per heavy atom. The summed E-state index contributed by atoms with van der Waals surface area (Å²) < 4.78 is 12.5. The number of esters is 1. The summed E-state index contributed by atoms with van der Waals surface area (Å²) in [6.45, 7) is 1.73. The van der Waals surface area contributed by atoms with Gasteiger partial charge in [-0.15, -0.1) is 10.2 Å². The highest BCUT2D eigenvalue weighted by atomic mass is 16.6. The number of hydrogen-bond acceptors (Lipinski definition) is 6. The first-order valence-corrected chi connectivity index (χ1v) is 8.50. The molecule has 132 valence electrons. The van der Waals surface area contributed by atoms with Crippen molar-refractivity contribution in [3.63, 3.8) is 0 Å². The summed E-state index contributed by atoms with van der Waals surface area (Å²) in [6.07, 6.45) is 6.05. The molecule has 2 aliphatic rings. The predicted octanol–water partition coefficient (Wildman–Crippen LogP) is 0.459. The van der Waals surface area contributed by atoms with E-state index in [2.05, 4.69) is 15.5 Å². The molecular weight excluding hydrogens is 312 g/mol. The minimum atomic E-state index is -0.556. The van der Waals surface area contributed by atoms with Crippen LogP contribution < -0.4 is 5.32 Å². The van der Waals surface area contributed by atoms with Gasteiger partial charge in [-0.1, -0.05) is 0 Å². The van der Waals surface area contributed by atoms with Crippen molar-refractivity contribution >= 4 is 11.9 Å². The number of methoxy groups -OCH3 is 1. The van der Waals surface area contributed by atoms with Crippen LogP contribution in [0.3, 0.4) is 0 Å². The normalized spacial score (nSPS) is 22.0. The summed E-state index contributed by atoms with van der Waals surface area (Å²) in [5, 5.41) is 10.9. The molecule has 8 heteroatoms. The lowest BCUT2D eigenvalue weighted by molar-refractivity contribution is -0.149. The van der Waals surface area contributed by atoms with Crippen molar-refractivity contribution < 1.29 is 19.1 Å². The van der Waals surface area contributed by atoms with Gasteiger partial charge in [0.1, 0.15) is 17.8 Å². The third kappa shape index (κ3) is 3.43. The monoisotopic (exact) mass is 336 g/mol. The largest absolute Gasteiger partial charge is 0.458 e. The average molecular weight is 336 g/mol. The number of nitrogens with zero attached hydrogens (tertiary/aromatic N) is 3. The Hall–Kier alpha value is -1.96. The van der Waals surface area contributed by atoms with E-state index in [4.69, 9.17) is 9.47 Å². The van der Waals surface area contributed by atoms with Crippen LogP contribution in [-0.4, -0.2) is 52.5 Å². The van der Waals surface area contributed by atoms with Gasteiger partial charge in [-0.2, -0.15) is 0 Å². The SMILES string of the molecule is COCCn1cnnc1CCNC(=O)[C@H]1CC(=O)OC12CCCC2. The van der Waals surface area contributed by atoms with Crippen LogP contribution in [0.4, 0.5) is 0 Å². The van der Waals surface area contributed by atoms with E-state index in [1.807, 2.05) is 4.57 Å². The van der Waals surface area contributed by atoms with Crippen LogP contribution >= 0.6 is 0 Å². The molecule has 1 atom stereocenters. The van der Waals surface area contributed by atoms with Gasteiger partial charge in [0, 0.05) is 26.6 Å². The number of carbonyl (C=O) groups is 2. The number of ether oxygens (including phenoxy) is 2. The molecule has 0 aromatic carbocycles. The zero-order valence-electron chi connectivity index (χ0n) is 14.0. The van der Waals surface area contributed by atoms with Gasteiger partial charge in [0.2, 0.25) is 5.91 Å². The van der Waals surface area contributed by atoms with Crippen LogP contribution in [0.25, 0.3) is 0 Å². The van der Waals surface area contributed by atoms with Crippen molar-refractivity contribution in [1.82, 2.24) is 20.1 Å². The number of carbonyl (C=O) groups excluding carboxylic acids is 2. The van der Waals surface area contributed by atoms with E-state index in [-0.39, 0.29) is 24.2 Å². The Morgan fingerprint density at radius 2 is 2.29 bits per heavy atom. The quantitative estimate of drug-likeness (QED) is 0.727. The van der Waals surface area contributed by atoms with Crippen molar-refractivity contribution in [1.29, 1.82) is 0 Å². The van der Waals surface area contributed by atoms with Crippen molar-refractivity contribution in [2.24, 2.45) is 5.92 Å². The molecule has 2 heterocycles. The highest BCUT2D eigenvalue weighted by Gasteiger charge is 2.53. The molecule has 1 aromatic heterocycles. The molecule has 1 saturated heterocycles. The van der Waals surface area contributed by atoms with Crippen molar-refractivity contribution in [2.75, 3.05) is 20.3 Å². The summed E-state index contributed by atoms with van der Waals surface area (Å²) in [4.78, 5) is 24.2. The first kappa shape index (κ1) is 16.9. The van der Waals surface area contributed by atoms with Crippen LogP contribution in [0.5, 0.6) is 0 Å². The molecule has 24 heavy (non-hydrogen) atoms. The van der Waals surface area contributed by atoms with Crippen LogP contribution in [0.1, 0.15) is 37.9 Å². The molecule has 1 amide bonds. The van der Waals surface area contributed by atoms with Crippen molar-refractivity contribution in [3.8, 4) is 0 Å². The number of nitrogens with one attached hydrogen (secondary N) is 1. The second kappa shape index (κ2) is 7.29. The molecule has 0 radical (unpaired) electrons. The fraction of sp³-hybridized carbons (Fsp3) is 0.750. The second-order valence-electron chi connectivity index (χ2n) is 6.48. The first-order chi connectivity index (χ1) is 11.6. The van der Waals surface area contributed by atoms with Gasteiger partial charge in [0.15, 0.2) is 0 Å². The van der Waals surface area contributed by atoms with E-state index in [9.17, 15) is 9.59 Å². The molecule has 3 rings (SSSR count). The number of aromatic nitrogens is 3. The highest BCUT2D eigenvalue weighted by molar-refractivity contribution is 5.87. The van der Waals surface area contributed by atoms with Crippen LogP contribution in [-0.2, 0) is 32.0 Å². The first-order valence-electron chi connectivity index (χ1n) is 8.50. The molecule has 8 nitrogen and oxygen atoms in total.